The van der Waals surface area contributed by atoms with Gasteiger partial charge in [0, 0.05) is 30.6 Å². The lowest BCUT2D eigenvalue weighted by Gasteiger charge is -2.29. The summed E-state index contributed by atoms with van der Waals surface area (Å²) in [6.45, 7) is 0.462. The van der Waals surface area contributed by atoms with Gasteiger partial charge in [0.2, 0.25) is 5.88 Å². The molecule has 2 heterocycles. The van der Waals surface area contributed by atoms with Gasteiger partial charge in [0.15, 0.2) is 6.61 Å². The molecule has 0 radical (unpaired) electrons. The molecule has 3 rings (SSSR count). The number of rotatable bonds is 4. The first-order chi connectivity index (χ1) is 11.9. The van der Waals surface area contributed by atoms with Gasteiger partial charge < -0.3 is 19.7 Å². The van der Waals surface area contributed by atoms with Gasteiger partial charge in [-0.05, 0) is 12.1 Å². The highest BCUT2D eigenvalue weighted by Crippen LogP contribution is 2.29. The molecule has 1 fully saturated rings. The molecule has 0 saturated carbocycles. The molecule has 1 atom stereocenters. The third-order valence-corrected chi connectivity index (χ3v) is 3.77. The smallest absolute Gasteiger partial charge is 0.422 e. The molecule has 136 valence electrons. The average molecular weight is 359 g/mol. The van der Waals surface area contributed by atoms with E-state index in [9.17, 15) is 17.6 Å². The van der Waals surface area contributed by atoms with E-state index >= 15 is 0 Å². The monoisotopic (exact) mass is 359 g/mol. The van der Waals surface area contributed by atoms with Crippen LogP contribution in [0, 0.1) is 5.82 Å². The predicted octanol–water partition coefficient (Wildman–Crippen LogP) is 2.76. The second-order valence-corrected chi connectivity index (χ2v) is 5.58. The van der Waals surface area contributed by atoms with Gasteiger partial charge in [-0.1, -0.05) is 6.07 Å². The van der Waals surface area contributed by atoms with Crippen molar-refractivity contribution in [1.82, 2.24) is 5.32 Å². The van der Waals surface area contributed by atoms with Crippen molar-refractivity contribution in [2.75, 3.05) is 37.7 Å². The maximum Gasteiger partial charge on any atom is 0.422 e. The summed E-state index contributed by atoms with van der Waals surface area (Å²) < 4.78 is 61.9. The van der Waals surface area contributed by atoms with Gasteiger partial charge in [-0.2, -0.15) is 13.2 Å². The van der Waals surface area contributed by atoms with E-state index in [1.54, 1.807) is 12.1 Å². The molecule has 1 saturated heterocycles. The number of benzene rings is 1. The van der Waals surface area contributed by atoms with Crippen LogP contribution in [0.3, 0.4) is 0 Å². The van der Waals surface area contributed by atoms with Crippen molar-refractivity contribution >= 4 is 11.9 Å². The summed E-state index contributed by atoms with van der Waals surface area (Å²) in [5.74, 6) is -0.563. The Hall–Kier alpha value is -2.13. The number of ether oxygens (including phenoxy) is 2. The lowest BCUT2D eigenvalue weighted by atomic mass is 10.1. The van der Waals surface area contributed by atoms with Crippen molar-refractivity contribution in [2.24, 2.45) is 4.99 Å². The quantitative estimate of drug-likeness (QED) is 0.840. The lowest BCUT2D eigenvalue weighted by molar-refractivity contribution is -0.165. The van der Waals surface area contributed by atoms with Crippen molar-refractivity contribution in [2.45, 2.75) is 12.3 Å². The van der Waals surface area contributed by atoms with Crippen molar-refractivity contribution in [3.8, 4) is 0 Å². The molecule has 1 N–H and O–H groups in total. The number of morpholine rings is 1. The first kappa shape index (κ1) is 17.7. The first-order valence-electron chi connectivity index (χ1n) is 7.75. The summed E-state index contributed by atoms with van der Waals surface area (Å²) in [6.07, 6.45) is -2.17. The highest BCUT2D eigenvalue weighted by molar-refractivity contribution is 5.71. The minimum Gasteiger partial charge on any atom is -0.468 e. The first-order valence-corrected chi connectivity index (χ1v) is 7.75. The third-order valence-electron chi connectivity index (χ3n) is 3.77. The van der Waals surface area contributed by atoms with Gasteiger partial charge in [0.25, 0.3) is 0 Å². The van der Waals surface area contributed by atoms with Crippen LogP contribution in [-0.4, -0.2) is 45.2 Å². The zero-order chi connectivity index (χ0) is 17.9. The van der Waals surface area contributed by atoms with E-state index in [1.807, 2.05) is 0 Å². The molecule has 25 heavy (non-hydrogen) atoms. The van der Waals surface area contributed by atoms with Crippen LogP contribution in [0.1, 0.15) is 11.7 Å². The van der Waals surface area contributed by atoms with Crippen LogP contribution in [0.15, 0.2) is 35.3 Å². The van der Waals surface area contributed by atoms with Gasteiger partial charge in [-0.3, -0.25) is 4.99 Å². The Morgan fingerprint density at radius 2 is 2.20 bits per heavy atom. The fourth-order valence-electron chi connectivity index (χ4n) is 2.62. The summed E-state index contributed by atoms with van der Waals surface area (Å²) in [6, 6.07) is 4.47. The number of hydrogen-bond donors (Lipinski definition) is 1. The van der Waals surface area contributed by atoms with Crippen LogP contribution in [0.4, 0.5) is 23.2 Å². The minimum absolute atomic E-state index is 0.0810. The Morgan fingerprint density at radius 3 is 2.88 bits per heavy atom. The molecule has 0 spiro atoms. The molecule has 1 aromatic rings. The molecule has 1 aromatic carbocycles. The van der Waals surface area contributed by atoms with Crippen LogP contribution < -0.4 is 10.2 Å². The topological polar surface area (TPSA) is 46.1 Å². The van der Waals surface area contributed by atoms with E-state index in [0.717, 1.165) is 0 Å². The Bertz CT molecular complexity index is 670. The van der Waals surface area contributed by atoms with Crippen LogP contribution >= 0.6 is 0 Å². The maximum atomic E-state index is 14.5. The molecule has 2 aliphatic rings. The van der Waals surface area contributed by atoms with Crippen LogP contribution in [-0.2, 0) is 9.47 Å². The van der Waals surface area contributed by atoms with Gasteiger partial charge in [0.1, 0.15) is 5.82 Å². The Labute approximate surface area is 141 Å². The van der Waals surface area contributed by atoms with Gasteiger partial charge in [-0.15, -0.1) is 0 Å². The molecule has 0 aromatic heterocycles. The summed E-state index contributed by atoms with van der Waals surface area (Å²) in [5.41, 5.74) is 0.785. The molecule has 9 heteroatoms. The van der Waals surface area contributed by atoms with E-state index in [1.165, 1.54) is 23.4 Å². The molecule has 5 nitrogen and oxygen atoms in total. The Kier molecular flexibility index (Phi) is 5.24. The molecule has 0 bridgehead atoms. The highest BCUT2D eigenvalue weighted by atomic mass is 19.4. The molecule has 0 amide bonds. The average Bonchev–Trinajstić information content (AvgIpc) is 2.60. The van der Waals surface area contributed by atoms with Crippen LogP contribution in [0.25, 0.3) is 0 Å². The maximum absolute atomic E-state index is 14.5. The Morgan fingerprint density at radius 1 is 1.36 bits per heavy atom. The number of nitrogens with zero attached hydrogens (tertiary/aromatic N) is 2. The summed E-state index contributed by atoms with van der Waals surface area (Å²) in [7, 11) is 0. The van der Waals surface area contributed by atoms with Crippen molar-refractivity contribution in [1.29, 1.82) is 0 Å². The zero-order valence-electron chi connectivity index (χ0n) is 13.2. The standard InChI is InChI=1S/C16H17F4N3O2/c17-13-7-11(1-2-12(13)14-8-22-4-6-24-14)23-5-3-21-9-15(23)25-10-16(18,19)20/h1-3,7,9,14,22H,4-6,8,10H2/t14-/m1/s1. The number of alkyl halides is 3. The molecular formula is C16H17F4N3O2. The van der Waals surface area contributed by atoms with Crippen molar-refractivity contribution in [3.05, 3.63) is 41.7 Å². The predicted molar refractivity (Wildman–Crippen MR) is 83.9 cm³/mol. The van der Waals surface area contributed by atoms with Crippen molar-refractivity contribution < 1.29 is 27.0 Å². The van der Waals surface area contributed by atoms with E-state index in [-0.39, 0.29) is 18.5 Å². The lowest BCUT2D eigenvalue weighted by Crippen LogP contribution is -2.34. The minimum atomic E-state index is -4.46. The fourth-order valence-corrected chi connectivity index (χ4v) is 2.62. The van der Waals surface area contributed by atoms with Crippen LogP contribution in [0.5, 0.6) is 0 Å². The summed E-state index contributed by atoms with van der Waals surface area (Å²) >= 11 is 0. The largest absolute Gasteiger partial charge is 0.468 e. The fraction of sp³-hybridized carbons (Fsp3) is 0.438. The summed E-state index contributed by atoms with van der Waals surface area (Å²) in [5, 5.41) is 3.12. The number of halogens is 4. The van der Waals surface area contributed by atoms with Crippen LogP contribution in [0.2, 0.25) is 0 Å². The van der Waals surface area contributed by atoms with E-state index < -0.39 is 18.6 Å². The summed E-state index contributed by atoms with van der Waals surface area (Å²) in [4.78, 5) is 5.23. The second kappa shape index (κ2) is 7.40. The van der Waals surface area contributed by atoms with Gasteiger partial charge in [-0.25, -0.2) is 4.39 Å². The van der Waals surface area contributed by atoms with Crippen molar-refractivity contribution in [3.63, 3.8) is 0 Å². The second-order valence-electron chi connectivity index (χ2n) is 5.58. The highest BCUT2D eigenvalue weighted by Gasteiger charge is 2.30. The number of hydrogen-bond acceptors (Lipinski definition) is 5. The number of anilines is 1. The third kappa shape index (κ3) is 4.49. The number of nitrogens with one attached hydrogen (secondary N) is 1. The SMILES string of the molecule is Fc1cc(N2CC=NC=C2OCC(F)(F)F)ccc1[C@H]1CNCCO1. The molecule has 2 aliphatic heterocycles. The normalized spacial score (nSPS) is 21.2. The van der Waals surface area contributed by atoms with E-state index in [2.05, 4.69) is 10.3 Å². The van der Waals surface area contributed by atoms with Gasteiger partial charge in [0.05, 0.1) is 25.5 Å². The van der Waals surface area contributed by atoms with E-state index in [0.29, 0.717) is 30.9 Å². The van der Waals surface area contributed by atoms with E-state index in [4.69, 9.17) is 9.47 Å². The molecular weight excluding hydrogens is 342 g/mol. The number of aliphatic imine (C=N–C) groups is 1. The van der Waals surface area contributed by atoms with Gasteiger partial charge >= 0.3 is 6.18 Å². The Balaban J connectivity index is 1.77. The molecule has 0 unspecified atom stereocenters. The molecule has 0 aliphatic carbocycles. The zero-order valence-corrected chi connectivity index (χ0v) is 13.2.